The fourth-order valence-corrected chi connectivity index (χ4v) is 0.794. The number of esters is 1. The molecule has 1 aromatic rings. The number of carbonyl (C=O) groups is 1. The molecule has 0 bridgehead atoms. The SMILES string of the molecule is N[C@H](C(=O)Oc1ccccc1)C(O)O. The van der Waals surface area contributed by atoms with E-state index in [-0.39, 0.29) is 0 Å². The second kappa shape index (κ2) is 4.71. The van der Waals surface area contributed by atoms with Gasteiger partial charge in [0.1, 0.15) is 5.75 Å². The standard InChI is InChI=1S/C9H11NO4/c10-7(8(11)12)9(13)14-6-4-2-1-3-5-6/h1-5,7-8,11-12H,10H2/t7-/m0/s1. The van der Waals surface area contributed by atoms with E-state index in [2.05, 4.69) is 0 Å². The van der Waals surface area contributed by atoms with Gasteiger partial charge >= 0.3 is 5.97 Å². The Labute approximate surface area is 80.7 Å². The van der Waals surface area contributed by atoms with Gasteiger partial charge in [-0.3, -0.25) is 0 Å². The molecule has 0 spiro atoms. The number of aliphatic hydroxyl groups excluding tert-OH is 1. The van der Waals surface area contributed by atoms with Crippen molar-refractivity contribution in [2.45, 2.75) is 12.3 Å². The molecule has 76 valence electrons. The van der Waals surface area contributed by atoms with E-state index in [1.807, 2.05) is 0 Å². The Kier molecular flexibility index (Phi) is 3.58. The first-order valence-electron chi connectivity index (χ1n) is 3.99. The first kappa shape index (κ1) is 10.6. The smallest absolute Gasteiger partial charge is 0.333 e. The zero-order chi connectivity index (χ0) is 10.6. The lowest BCUT2D eigenvalue weighted by Crippen LogP contribution is -2.44. The number of hydrogen-bond acceptors (Lipinski definition) is 5. The first-order chi connectivity index (χ1) is 6.61. The average Bonchev–Trinajstić information content (AvgIpc) is 2.18. The lowest BCUT2D eigenvalue weighted by atomic mass is 10.3. The van der Waals surface area contributed by atoms with Gasteiger partial charge in [0.15, 0.2) is 12.3 Å². The number of carbonyl (C=O) groups excluding carboxylic acids is 1. The van der Waals surface area contributed by atoms with Crippen molar-refractivity contribution < 1.29 is 19.7 Å². The minimum atomic E-state index is -1.91. The third kappa shape index (κ3) is 2.81. The van der Waals surface area contributed by atoms with Crippen molar-refractivity contribution in [1.82, 2.24) is 0 Å². The molecule has 0 aliphatic rings. The van der Waals surface area contributed by atoms with Gasteiger partial charge in [-0.15, -0.1) is 0 Å². The van der Waals surface area contributed by atoms with Gasteiger partial charge in [-0.1, -0.05) is 18.2 Å². The van der Waals surface area contributed by atoms with Crippen LogP contribution in [0, 0.1) is 0 Å². The number of rotatable bonds is 3. The van der Waals surface area contributed by atoms with Crippen molar-refractivity contribution in [3.8, 4) is 5.75 Å². The summed E-state index contributed by atoms with van der Waals surface area (Å²) >= 11 is 0. The minimum absolute atomic E-state index is 0.314. The summed E-state index contributed by atoms with van der Waals surface area (Å²) in [6.07, 6.45) is -1.91. The number of benzene rings is 1. The van der Waals surface area contributed by atoms with Crippen LogP contribution in [0.2, 0.25) is 0 Å². The Morgan fingerprint density at radius 2 is 1.86 bits per heavy atom. The van der Waals surface area contributed by atoms with Crippen LogP contribution in [-0.2, 0) is 4.79 Å². The molecule has 5 heteroatoms. The molecule has 0 aromatic heterocycles. The summed E-state index contributed by atoms with van der Waals surface area (Å²) in [5, 5.41) is 17.2. The van der Waals surface area contributed by atoms with Gasteiger partial charge in [0.2, 0.25) is 0 Å². The molecular weight excluding hydrogens is 186 g/mol. The Morgan fingerprint density at radius 3 is 2.36 bits per heavy atom. The van der Waals surface area contributed by atoms with Crippen LogP contribution in [0.15, 0.2) is 30.3 Å². The topological polar surface area (TPSA) is 92.8 Å². The maximum atomic E-state index is 11.1. The van der Waals surface area contributed by atoms with E-state index < -0.39 is 18.3 Å². The summed E-state index contributed by atoms with van der Waals surface area (Å²) in [6.45, 7) is 0. The maximum absolute atomic E-state index is 11.1. The van der Waals surface area contributed by atoms with Crippen LogP contribution in [0.1, 0.15) is 0 Å². The number of para-hydroxylation sites is 1. The zero-order valence-electron chi connectivity index (χ0n) is 7.33. The van der Waals surface area contributed by atoms with Crippen molar-refractivity contribution in [3.63, 3.8) is 0 Å². The van der Waals surface area contributed by atoms with Crippen molar-refractivity contribution in [2.75, 3.05) is 0 Å². The summed E-state index contributed by atoms with van der Waals surface area (Å²) < 4.78 is 4.75. The van der Waals surface area contributed by atoms with Gasteiger partial charge in [-0.2, -0.15) is 0 Å². The van der Waals surface area contributed by atoms with Gasteiger partial charge in [0, 0.05) is 0 Å². The molecule has 0 radical (unpaired) electrons. The fourth-order valence-electron chi connectivity index (χ4n) is 0.794. The maximum Gasteiger partial charge on any atom is 0.333 e. The highest BCUT2D eigenvalue weighted by molar-refractivity contribution is 5.78. The van der Waals surface area contributed by atoms with E-state index in [0.717, 1.165) is 0 Å². The van der Waals surface area contributed by atoms with Crippen LogP contribution < -0.4 is 10.5 Å². The molecule has 0 heterocycles. The van der Waals surface area contributed by atoms with Crippen molar-refractivity contribution in [3.05, 3.63) is 30.3 Å². The van der Waals surface area contributed by atoms with Crippen LogP contribution in [0.3, 0.4) is 0 Å². The van der Waals surface area contributed by atoms with E-state index in [1.54, 1.807) is 30.3 Å². The normalized spacial score (nSPS) is 12.6. The predicted molar refractivity (Wildman–Crippen MR) is 48.3 cm³/mol. The number of hydrogen-bond donors (Lipinski definition) is 3. The molecule has 0 saturated carbocycles. The minimum Gasteiger partial charge on any atom is -0.425 e. The second-order valence-corrected chi connectivity index (χ2v) is 2.67. The molecule has 0 amide bonds. The van der Waals surface area contributed by atoms with Gasteiger partial charge < -0.3 is 20.7 Å². The molecule has 1 atom stereocenters. The van der Waals surface area contributed by atoms with Crippen LogP contribution >= 0.6 is 0 Å². The van der Waals surface area contributed by atoms with Crippen molar-refractivity contribution in [2.24, 2.45) is 5.73 Å². The zero-order valence-corrected chi connectivity index (χ0v) is 7.33. The summed E-state index contributed by atoms with van der Waals surface area (Å²) in [7, 11) is 0. The summed E-state index contributed by atoms with van der Waals surface area (Å²) in [5.74, 6) is -0.570. The highest BCUT2D eigenvalue weighted by atomic mass is 16.5. The molecule has 0 aliphatic heterocycles. The molecule has 0 saturated heterocycles. The second-order valence-electron chi connectivity index (χ2n) is 2.67. The van der Waals surface area contributed by atoms with E-state index in [4.69, 9.17) is 20.7 Å². The monoisotopic (exact) mass is 197 g/mol. The molecule has 14 heavy (non-hydrogen) atoms. The lowest BCUT2D eigenvalue weighted by molar-refractivity contribution is -0.146. The van der Waals surface area contributed by atoms with Gasteiger partial charge in [-0.25, -0.2) is 4.79 Å². The van der Waals surface area contributed by atoms with Crippen molar-refractivity contribution in [1.29, 1.82) is 0 Å². The lowest BCUT2D eigenvalue weighted by Gasteiger charge is -2.12. The highest BCUT2D eigenvalue weighted by Gasteiger charge is 2.22. The highest BCUT2D eigenvalue weighted by Crippen LogP contribution is 2.09. The van der Waals surface area contributed by atoms with E-state index in [0.29, 0.717) is 5.75 Å². The fraction of sp³-hybridized carbons (Fsp3) is 0.222. The molecule has 0 aliphatic carbocycles. The van der Waals surface area contributed by atoms with Gasteiger partial charge in [0.05, 0.1) is 0 Å². The Bertz CT molecular complexity index is 299. The quantitative estimate of drug-likeness (QED) is 0.336. The van der Waals surface area contributed by atoms with Gasteiger partial charge in [0.25, 0.3) is 0 Å². The molecule has 1 rings (SSSR count). The third-order valence-electron chi connectivity index (χ3n) is 1.56. The van der Waals surface area contributed by atoms with Crippen LogP contribution in [0.25, 0.3) is 0 Å². The molecular formula is C9H11NO4. The van der Waals surface area contributed by atoms with E-state index in [9.17, 15) is 4.79 Å². The molecule has 5 nitrogen and oxygen atoms in total. The first-order valence-corrected chi connectivity index (χ1v) is 3.99. The Morgan fingerprint density at radius 1 is 1.29 bits per heavy atom. The summed E-state index contributed by atoms with van der Waals surface area (Å²) in [6, 6.07) is 6.81. The van der Waals surface area contributed by atoms with E-state index in [1.165, 1.54) is 0 Å². The molecule has 1 aromatic carbocycles. The molecule has 4 N–H and O–H groups in total. The predicted octanol–water partition coefficient (Wildman–Crippen LogP) is -0.770. The largest absolute Gasteiger partial charge is 0.425 e. The molecule has 0 fully saturated rings. The average molecular weight is 197 g/mol. The van der Waals surface area contributed by atoms with Crippen LogP contribution in [-0.4, -0.2) is 28.5 Å². The summed E-state index contributed by atoms with van der Waals surface area (Å²) in [5.41, 5.74) is 5.13. The number of nitrogens with two attached hydrogens (primary N) is 1. The molecule has 0 unspecified atom stereocenters. The Balaban J connectivity index is 2.58. The number of aliphatic hydroxyl groups is 2. The van der Waals surface area contributed by atoms with Crippen LogP contribution in [0.4, 0.5) is 0 Å². The van der Waals surface area contributed by atoms with E-state index >= 15 is 0 Å². The Hall–Kier alpha value is -1.43. The number of ether oxygens (including phenoxy) is 1. The van der Waals surface area contributed by atoms with Gasteiger partial charge in [-0.05, 0) is 12.1 Å². The van der Waals surface area contributed by atoms with Crippen LogP contribution in [0.5, 0.6) is 5.75 Å². The van der Waals surface area contributed by atoms with Crippen molar-refractivity contribution >= 4 is 5.97 Å². The third-order valence-corrected chi connectivity index (χ3v) is 1.56. The summed E-state index contributed by atoms with van der Waals surface area (Å²) in [4.78, 5) is 11.1.